The van der Waals surface area contributed by atoms with Crippen molar-refractivity contribution in [2.24, 2.45) is 0 Å². The van der Waals surface area contributed by atoms with Gasteiger partial charge in [0.05, 0.1) is 4.90 Å². The van der Waals surface area contributed by atoms with E-state index in [2.05, 4.69) is 10.0 Å². The van der Waals surface area contributed by atoms with Crippen LogP contribution < -0.4 is 14.8 Å². The van der Waals surface area contributed by atoms with Crippen LogP contribution in [0.15, 0.2) is 71.6 Å². The number of carbonyl (C=O) groups excluding carboxylic acids is 2. The van der Waals surface area contributed by atoms with E-state index in [0.29, 0.717) is 33.3 Å². The number of hydrogen-bond donors (Lipinski definition) is 2. The number of hydrogen-bond acceptors (Lipinski definition) is 5. The zero-order valence-corrected chi connectivity index (χ0v) is 19.0. The summed E-state index contributed by atoms with van der Waals surface area (Å²) in [7, 11) is -3.80. The largest absolute Gasteiger partial charge is 0.483 e. The van der Waals surface area contributed by atoms with E-state index >= 15 is 0 Å². The molecule has 0 heterocycles. The SMILES string of the molecule is CC(=O)c1cccc(NC(=O)COc2ccc(S(=O)(=O)Nc3ccc(Cl)cc3)cc2C)c1. The molecule has 0 aliphatic carbocycles. The Bertz CT molecular complexity index is 1260. The monoisotopic (exact) mass is 472 g/mol. The number of ketones is 1. The maximum Gasteiger partial charge on any atom is 0.262 e. The predicted molar refractivity (Wildman–Crippen MR) is 124 cm³/mol. The van der Waals surface area contributed by atoms with Crippen molar-refractivity contribution >= 4 is 44.7 Å². The van der Waals surface area contributed by atoms with Crippen LogP contribution in [-0.2, 0) is 14.8 Å². The molecule has 0 aliphatic heterocycles. The molecular formula is C23H21ClN2O5S. The van der Waals surface area contributed by atoms with Gasteiger partial charge in [0.1, 0.15) is 5.75 Å². The first-order valence-corrected chi connectivity index (χ1v) is 11.4. The second-order valence-electron chi connectivity index (χ2n) is 7.01. The standard InChI is InChI=1S/C23H21ClN2O5S/c1-15-12-21(32(29,30)26-19-8-6-18(24)7-9-19)10-11-22(15)31-14-23(28)25-20-5-3-4-17(13-20)16(2)27/h3-13,26H,14H2,1-2H3,(H,25,28). The molecule has 0 saturated heterocycles. The molecule has 2 N–H and O–H groups in total. The highest BCUT2D eigenvalue weighted by Crippen LogP contribution is 2.24. The van der Waals surface area contributed by atoms with E-state index in [1.165, 1.54) is 25.1 Å². The molecule has 0 aliphatic rings. The minimum absolute atomic E-state index is 0.0581. The maximum absolute atomic E-state index is 12.6. The van der Waals surface area contributed by atoms with E-state index < -0.39 is 15.9 Å². The van der Waals surface area contributed by atoms with Crippen LogP contribution in [0, 0.1) is 6.92 Å². The molecule has 3 rings (SSSR count). The lowest BCUT2D eigenvalue weighted by Gasteiger charge is -2.12. The zero-order chi connectivity index (χ0) is 23.3. The first kappa shape index (κ1) is 23.3. The van der Waals surface area contributed by atoms with Crippen molar-refractivity contribution in [3.63, 3.8) is 0 Å². The van der Waals surface area contributed by atoms with Crippen molar-refractivity contribution < 1.29 is 22.7 Å². The van der Waals surface area contributed by atoms with Gasteiger partial charge in [-0.05, 0) is 74.0 Å². The average Bonchev–Trinajstić information content (AvgIpc) is 2.74. The summed E-state index contributed by atoms with van der Waals surface area (Å²) in [5.74, 6) is -0.136. The summed E-state index contributed by atoms with van der Waals surface area (Å²) in [5, 5.41) is 3.16. The minimum Gasteiger partial charge on any atom is -0.483 e. The van der Waals surface area contributed by atoms with Crippen LogP contribution in [0.1, 0.15) is 22.8 Å². The van der Waals surface area contributed by atoms with Crippen molar-refractivity contribution in [1.29, 1.82) is 0 Å². The van der Waals surface area contributed by atoms with Gasteiger partial charge in [-0.15, -0.1) is 0 Å². The second-order valence-corrected chi connectivity index (χ2v) is 9.13. The summed E-state index contributed by atoms with van der Waals surface area (Å²) in [6, 6.07) is 17.2. The van der Waals surface area contributed by atoms with Crippen LogP contribution in [0.25, 0.3) is 0 Å². The van der Waals surface area contributed by atoms with E-state index in [-0.39, 0.29) is 17.3 Å². The summed E-state index contributed by atoms with van der Waals surface area (Å²) in [4.78, 5) is 23.7. The first-order chi connectivity index (χ1) is 15.1. The van der Waals surface area contributed by atoms with Gasteiger partial charge in [-0.2, -0.15) is 0 Å². The number of aryl methyl sites for hydroxylation is 1. The molecule has 1 amide bonds. The molecule has 0 aromatic heterocycles. The van der Waals surface area contributed by atoms with Crippen LogP contribution >= 0.6 is 11.6 Å². The Labute approximate surface area is 191 Å². The number of Topliss-reactive ketones (excluding diaryl/α,β-unsaturated/α-hetero) is 1. The van der Waals surface area contributed by atoms with Gasteiger partial charge in [0.25, 0.3) is 15.9 Å². The minimum atomic E-state index is -3.80. The summed E-state index contributed by atoms with van der Waals surface area (Å²) in [5.41, 5.74) is 1.91. The average molecular weight is 473 g/mol. The highest BCUT2D eigenvalue weighted by atomic mass is 35.5. The summed E-state index contributed by atoms with van der Waals surface area (Å²) >= 11 is 5.82. The third-order valence-electron chi connectivity index (χ3n) is 4.46. The number of carbonyl (C=O) groups is 2. The fraction of sp³-hybridized carbons (Fsp3) is 0.130. The molecule has 3 aromatic rings. The first-order valence-electron chi connectivity index (χ1n) is 9.57. The zero-order valence-electron chi connectivity index (χ0n) is 17.4. The number of halogens is 1. The third-order valence-corrected chi connectivity index (χ3v) is 6.10. The number of anilines is 2. The van der Waals surface area contributed by atoms with Crippen LogP contribution in [-0.4, -0.2) is 26.7 Å². The van der Waals surface area contributed by atoms with Gasteiger partial charge < -0.3 is 10.1 Å². The molecular weight excluding hydrogens is 452 g/mol. The predicted octanol–water partition coefficient (Wildman–Crippen LogP) is 4.67. The Morgan fingerprint density at radius 2 is 1.69 bits per heavy atom. The van der Waals surface area contributed by atoms with Crippen molar-refractivity contribution in [2.75, 3.05) is 16.6 Å². The van der Waals surface area contributed by atoms with E-state index in [1.807, 2.05) is 0 Å². The van der Waals surface area contributed by atoms with Crippen molar-refractivity contribution in [3.05, 3.63) is 82.9 Å². The number of rotatable bonds is 8. The Kier molecular flexibility index (Phi) is 7.17. The summed E-state index contributed by atoms with van der Waals surface area (Å²) in [6.07, 6.45) is 0. The van der Waals surface area contributed by atoms with Crippen molar-refractivity contribution in [1.82, 2.24) is 0 Å². The van der Waals surface area contributed by atoms with Gasteiger partial charge in [-0.1, -0.05) is 23.7 Å². The second kappa shape index (κ2) is 9.84. The lowest BCUT2D eigenvalue weighted by Crippen LogP contribution is -2.20. The topological polar surface area (TPSA) is 102 Å². The quantitative estimate of drug-likeness (QED) is 0.464. The highest BCUT2D eigenvalue weighted by molar-refractivity contribution is 7.92. The maximum atomic E-state index is 12.6. The molecule has 0 spiro atoms. The molecule has 9 heteroatoms. The van der Waals surface area contributed by atoms with Gasteiger partial charge in [0.15, 0.2) is 12.4 Å². The van der Waals surface area contributed by atoms with Gasteiger partial charge >= 0.3 is 0 Å². The van der Waals surface area contributed by atoms with Gasteiger partial charge in [-0.25, -0.2) is 8.42 Å². The summed E-state index contributed by atoms with van der Waals surface area (Å²) < 4.78 is 33.3. The molecule has 0 unspecified atom stereocenters. The van der Waals surface area contributed by atoms with Gasteiger partial charge in [-0.3, -0.25) is 14.3 Å². The molecule has 3 aromatic carbocycles. The van der Waals surface area contributed by atoms with Gasteiger partial charge in [0, 0.05) is 22.0 Å². The molecule has 0 atom stereocenters. The molecule has 0 saturated carbocycles. The van der Waals surface area contributed by atoms with E-state index in [4.69, 9.17) is 16.3 Å². The molecule has 32 heavy (non-hydrogen) atoms. The fourth-order valence-corrected chi connectivity index (χ4v) is 4.11. The Morgan fingerprint density at radius 1 is 0.969 bits per heavy atom. The smallest absolute Gasteiger partial charge is 0.262 e. The number of nitrogens with one attached hydrogen (secondary N) is 2. The van der Waals surface area contributed by atoms with E-state index in [9.17, 15) is 18.0 Å². The number of ether oxygens (including phenoxy) is 1. The van der Waals surface area contributed by atoms with Crippen LogP contribution in [0.3, 0.4) is 0 Å². The van der Waals surface area contributed by atoms with Gasteiger partial charge in [0.2, 0.25) is 0 Å². The Balaban J connectivity index is 1.63. The van der Waals surface area contributed by atoms with Crippen molar-refractivity contribution in [3.8, 4) is 5.75 Å². The number of benzene rings is 3. The normalized spacial score (nSPS) is 11.0. The lowest BCUT2D eigenvalue weighted by atomic mass is 10.1. The molecule has 0 fully saturated rings. The van der Waals surface area contributed by atoms with Crippen LogP contribution in [0.5, 0.6) is 5.75 Å². The molecule has 7 nitrogen and oxygen atoms in total. The van der Waals surface area contributed by atoms with E-state index in [0.717, 1.165) is 0 Å². The number of amides is 1. The summed E-state index contributed by atoms with van der Waals surface area (Å²) in [6.45, 7) is 2.85. The molecule has 0 radical (unpaired) electrons. The Morgan fingerprint density at radius 3 is 2.34 bits per heavy atom. The highest BCUT2D eigenvalue weighted by Gasteiger charge is 2.16. The lowest BCUT2D eigenvalue weighted by molar-refractivity contribution is -0.118. The fourth-order valence-electron chi connectivity index (χ4n) is 2.84. The Hall–Kier alpha value is -3.36. The third kappa shape index (κ3) is 6.09. The van der Waals surface area contributed by atoms with Crippen LogP contribution in [0.2, 0.25) is 5.02 Å². The van der Waals surface area contributed by atoms with Crippen LogP contribution in [0.4, 0.5) is 11.4 Å². The van der Waals surface area contributed by atoms with Crippen molar-refractivity contribution in [2.45, 2.75) is 18.7 Å². The molecule has 166 valence electrons. The number of sulfonamides is 1. The van der Waals surface area contributed by atoms with E-state index in [1.54, 1.807) is 55.5 Å². The molecule has 0 bridgehead atoms.